The molecule has 0 atom stereocenters. The van der Waals surface area contributed by atoms with Crippen molar-refractivity contribution in [2.45, 2.75) is 58.0 Å². The van der Waals surface area contributed by atoms with E-state index in [0.717, 1.165) is 31.2 Å². The Labute approximate surface area is 233 Å². The summed E-state index contributed by atoms with van der Waals surface area (Å²) < 4.78 is 10.4. The van der Waals surface area contributed by atoms with Crippen LogP contribution in [0.3, 0.4) is 0 Å². The number of hydrogen-bond acceptors (Lipinski definition) is 6. The minimum Gasteiger partial charge on any atom is -0.490 e. The molecule has 1 heterocycles. The van der Waals surface area contributed by atoms with Gasteiger partial charge in [0.1, 0.15) is 25.5 Å². The average molecular weight is 556 g/mol. The highest BCUT2D eigenvalue weighted by Crippen LogP contribution is 2.30. The first-order valence-electron chi connectivity index (χ1n) is 13.3. The summed E-state index contributed by atoms with van der Waals surface area (Å²) in [6, 6.07) is 12.3. The summed E-state index contributed by atoms with van der Waals surface area (Å²) in [6.45, 7) is 1.96. The molecule has 208 valence electrons. The Hall–Kier alpha value is -3.59. The number of amides is 3. The highest BCUT2D eigenvalue weighted by atomic mass is 35.5. The lowest BCUT2D eigenvalue weighted by atomic mass is 9.95. The first-order chi connectivity index (χ1) is 18.8. The van der Waals surface area contributed by atoms with E-state index in [0.29, 0.717) is 18.0 Å². The number of anilines is 1. The van der Waals surface area contributed by atoms with E-state index >= 15 is 0 Å². The topological polar surface area (TPSA) is 105 Å². The van der Waals surface area contributed by atoms with Gasteiger partial charge in [-0.1, -0.05) is 49.1 Å². The summed E-state index contributed by atoms with van der Waals surface area (Å²) >= 11 is 6.45. The average Bonchev–Trinajstić information content (AvgIpc) is 3.06. The second-order valence-electron chi connectivity index (χ2n) is 9.82. The van der Waals surface area contributed by atoms with Crippen molar-refractivity contribution in [3.63, 3.8) is 0 Å². The molecule has 0 saturated heterocycles. The van der Waals surface area contributed by atoms with E-state index in [-0.39, 0.29) is 61.2 Å². The van der Waals surface area contributed by atoms with Gasteiger partial charge in [0, 0.05) is 38.2 Å². The van der Waals surface area contributed by atoms with Crippen molar-refractivity contribution in [3.8, 4) is 5.75 Å². The molecule has 0 unspecified atom stereocenters. The van der Waals surface area contributed by atoms with Crippen molar-refractivity contribution >= 4 is 41.0 Å². The highest BCUT2D eigenvalue weighted by molar-refractivity contribution is 6.34. The molecule has 1 N–H and O–H groups in total. The molecular formula is C29H34ClN3O6. The molecule has 39 heavy (non-hydrogen) atoms. The lowest BCUT2D eigenvalue weighted by Crippen LogP contribution is -2.42. The smallest absolute Gasteiger partial charge is 0.302 e. The Kier molecular flexibility index (Phi) is 9.81. The van der Waals surface area contributed by atoms with Crippen LogP contribution in [0.2, 0.25) is 5.02 Å². The molecule has 1 saturated carbocycles. The van der Waals surface area contributed by atoms with Gasteiger partial charge in [-0.2, -0.15) is 0 Å². The maximum absolute atomic E-state index is 13.6. The first kappa shape index (κ1) is 28.4. The van der Waals surface area contributed by atoms with Crippen molar-refractivity contribution in [2.24, 2.45) is 0 Å². The number of ether oxygens (including phenoxy) is 2. The third-order valence-corrected chi connectivity index (χ3v) is 7.25. The molecule has 4 rings (SSSR count). The largest absolute Gasteiger partial charge is 0.490 e. The van der Waals surface area contributed by atoms with E-state index < -0.39 is 11.9 Å². The Balaban J connectivity index is 1.43. The Morgan fingerprint density at radius 1 is 1.03 bits per heavy atom. The van der Waals surface area contributed by atoms with Gasteiger partial charge in [0.25, 0.3) is 5.91 Å². The molecule has 9 nitrogen and oxygen atoms in total. The van der Waals surface area contributed by atoms with Crippen LogP contribution in [0.4, 0.5) is 5.69 Å². The number of para-hydroxylation sites is 1. The van der Waals surface area contributed by atoms with Crippen molar-refractivity contribution in [3.05, 3.63) is 58.6 Å². The molecule has 0 bridgehead atoms. The second kappa shape index (κ2) is 13.5. The molecule has 3 amide bonds. The summed E-state index contributed by atoms with van der Waals surface area (Å²) in [7, 11) is 0. The molecule has 2 aromatic rings. The number of nitrogens with one attached hydrogen (secondary N) is 1. The lowest BCUT2D eigenvalue weighted by Gasteiger charge is -2.24. The van der Waals surface area contributed by atoms with Gasteiger partial charge in [-0.3, -0.25) is 24.1 Å². The number of rotatable bonds is 9. The maximum Gasteiger partial charge on any atom is 0.302 e. The number of fused-ring (bicyclic) bond motifs is 1. The summed E-state index contributed by atoms with van der Waals surface area (Å²) in [5.41, 5.74) is 1.67. The van der Waals surface area contributed by atoms with Gasteiger partial charge in [0.15, 0.2) is 0 Å². The molecule has 0 aromatic heterocycles. The quantitative estimate of drug-likeness (QED) is 0.369. The Morgan fingerprint density at radius 2 is 1.79 bits per heavy atom. The van der Waals surface area contributed by atoms with Crippen molar-refractivity contribution in [2.75, 3.05) is 31.2 Å². The first-order valence-corrected chi connectivity index (χ1v) is 13.7. The minimum absolute atomic E-state index is 0.0536. The van der Waals surface area contributed by atoms with Gasteiger partial charge in [-0.15, -0.1) is 0 Å². The van der Waals surface area contributed by atoms with Gasteiger partial charge in [0.05, 0.1) is 10.6 Å². The second-order valence-corrected chi connectivity index (χ2v) is 10.2. The Morgan fingerprint density at radius 3 is 2.54 bits per heavy atom. The number of nitrogens with zero attached hydrogens (tertiary/aromatic N) is 2. The highest BCUT2D eigenvalue weighted by Gasteiger charge is 2.31. The zero-order valence-electron chi connectivity index (χ0n) is 22.1. The van der Waals surface area contributed by atoms with Crippen LogP contribution in [-0.2, 0) is 25.7 Å². The third-order valence-electron chi connectivity index (χ3n) is 6.94. The van der Waals surface area contributed by atoms with Crippen molar-refractivity contribution in [1.82, 2.24) is 10.2 Å². The number of esters is 1. The molecule has 10 heteroatoms. The van der Waals surface area contributed by atoms with Gasteiger partial charge in [-0.25, -0.2) is 0 Å². The van der Waals surface area contributed by atoms with Crippen LogP contribution < -0.4 is 15.0 Å². The molecular weight excluding hydrogens is 522 g/mol. The van der Waals surface area contributed by atoms with Crippen LogP contribution >= 0.6 is 11.6 Å². The number of halogens is 1. The fourth-order valence-corrected chi connectivity index (χ4v) is 5.19. The van der Waals surface area contributed by atoms with E-state index in [4.69, 9.17) is 21.1 Å². The SMILES string of the molecule is CC(=O)OCCOc1ccc(C(=O)N2CC(=O)N(CCC(=O)NC3CCCCC3)Cc3ccccc32)c(Cl)c1. The zero-order valence-corrected chi connectivity index (χ0v) is 22.9. The zero-order chi connectivity index (χ0) is 27.8. The van der Waals surface area contributed by atoms with E-state index in [2.05, 4.69) is 5.32 Å². The van der Waals surface area contributed by atoms with Crippen LogP contribution in [0.25, 0.3) is 0 Å². The lowest BCUT2D eigenvalue weighted by molar-refractivity contribution is -0.141. The van der Waals surface area contributed by atoms with Gasteiger partial charge in [0.2, 0.25) is 11.8 Å². The number of hydrogen-bond donors (Lipinski definition) is 1. The molecule has 0 spiro atoms. The van der Waals surface area contributed by atoms with Crippen LogP contribution in [-0.4, -0.2) is 60.9 Å². The normalized spacial score (nSPS) is 15.8. The predicted octanol–water partition coefficient (Wildman–Crippen LogP) is 4.11. The Bertz CT molecular complexity index is 1210. The van der Waals surface area contributed by atoms with Crippen LogP contribution in [0.1, 0.15) is 61.4 Å². The van der Waals surface area contributed by atoms with E-state index in [1.807, 2.05) is 18.2 Å². The monoisotopic (exact) mass is 555 g/mol. The molecule has 1 aliphatic heterocycles. The predicted molar refractivity (Wildman–Crippen MR) is 147 cm³/mol. The van der Waals surface area contributed by atoms with E-state index in [1.165, 1.54) is 24.3 Å². The van der Waals surface area contributed by atoms with Gasteiger partial charge < -0.3 is 19.7 Å². The van der Waals surface area contributed by atoms with Crippen molar-refractivity contribution in [1.29, 1.82) is 0 Å². The molecule has 0 radical (unpaired) electrons. The van der Waals surface area contributed by atoms with Crippen LogP contribution in [0.5, 0.6) is 5.75 Å². The molecule has 1 fully saturated rings. The summed E-state index contributed by atoms with van der Waals surface area (Å²) in [6.07, 6.45) is 5.69. The fraction of sp³-hybridized carbons (Fsp3) is 0.448. The van der Waals surface area contributed by atoms with Crippen LogP contribution in [0, 0.1) is 0 Å². The third kappa shape index (κ3) is 7.72. The van der Waals surface area contributed by atoms with Gasteiger partial charge in [-0.05, 0) is 42.7 Å². The standard InChI is InChI=1S/C29H34ClN3O6/c1-20(34)38-15-16-39-23-11-12-24(25(30)17-23)29(37)33-19-28(36)32(18-21-7-5-6-10-26(21)33)14-13-27(35)31-22-8-3-2-4-9-22/h5-7,10-12,17,22H,2-4,8-9,13-16,18-19H2,1H3,(H,31,35). The molecule has 2 aromatic carbocycles. The summed E-state index contributed by atoms with van der Waals surface area (Å²) in [5, 5.41) is 3.28. The van der Waals surface area contributed by atoms with Gasteiger partial charge >= 0.3 is 5.97 Å². The number of carbonyl (C=O) groups excluding carboxylic acids is 4. The maximum atomic E-state index is 13.6. The molecule has 1 aliphatic carbocycles. The van der Waals surface area contributed by atoms with Crippen molar-refractivity contribution < 1.29 is 28.7 Å². The fourth-order valence-electron chi connectivity index (χ4n) is 4.94. The van der Waals surface area contributed by atoms with E-state index in [9.17, 15) is 19.2 Å². The van der Waals surface area contributed by atoms with E-state index in [1.54, 1.807) is 23.1 Å². The summed E-state index contributed by atoms with van der Waals surface area (Å²) in [5.74, 6) is -0.683. The van der Waals surface area contributed by atoms with Crippen LogP contribution in [0.15, 0.2) is 42.5 Å². The number of carbonyl (C=O) groups is 4. The number of benzene rings is 2. The minimum atomic E-state index is -0.413. The molecule has 2 aliphatic rings. The summed E-state index contributed by atoms with van der Waals surface area (Å²) in [4.78, 5) is 53.4.